The lowest BCUT2D eigenvalue weighted by Crippen LogP contribution is -2.34. The van der Waals surface area contributed by atoms with Crippen LogP contribution < -0.4 is 10.5 Å². The Morgan fingerprint density at radius 2 is 2.11 bits per heavy atom. The molecule has 102 valence electrons. The number of nitrogens with zero attached hydrogens (tertiary/aromatic N) is 2. The van der Waals surface area contributed by atoms with Crippen molar-refractivity contribution >= 4 is 0 Å². The molecule has 2 rings (SSSR count). The highest BCUT2D eigenvalue weighted by Crippen LogP contribution is 2.31. The van der Waals surface area contributed by atoms with Crippen LogP contribution >= 0.6 is 0 Å². The summed E-state index contributed by atoms with van der Waals surface area (Å²) in [5, 5.41) is 4.17. The van der Waals surface area contributed by atoms with Crippen molar-refractivity contribution in [2.75, 3.05) is 7.11 Å². The molecule has 0 saturated heterocycles. The van der Waals surface area contributed by atoms with Gasteiger partial charge in [-0.15, -0.1) is 0 Å². The molecule has 0 aliphatic carbocycles. The van der Waals surface area contributed by atoms with Gasteiger partial charge in [-0.05, 0) is 31.4 Å². The second-order valence-electron chi connectivity index (χ2n) is 5.14. The van der Waals surface area contributed by atoms with Crippen LogP contribution in [0.4, 0.5) is 0 Å². The van der Waals surface area contributed by atoms with E-state index in [1.807, 2.05) is 55.3 Å². The van der Waals surface area contributed by atoms with Gasteiger partial charge in [0.15, 0.2) is 0 Å². The average molecular weight is 259 g/mol. The van der Waals surface area contributed by atoms with Gasteiger partial charge in [0.25, 0.3) is 0 Å². The predicted molar refractivity (Wildman–Crippen MR) is 76.1 cm³/mol. The van der Waals surface area contributed by atoms with Crippen LogP contribution in [0, 0.1) is 0 Å². The van der Waals surface area contributed by atoms with Gasteiger partial charge in [-0.1, -0.05) is 18.2 Å². The standard InChI is InChI=1S/C15H21N3O/c1-15(16,9-8-12-10-17-18(2)11-12)13-6-4-5-7-14(13)19-3/h4-7,10-11H,8-9,16H2,1-3H3. The third-order valence-electron chi connectivity index (χ3n) is 3.41. The molecule has 1 aromatic heterocycles. The SMILES string of the molecule is COc1ccccc1C(C)(N)CCc1cnn(C)c1. The number of hydrogen-bond acceptors (Lipinski definition) is 3. The van der Waals surface area contributed by atoms with Crippen LogP contribution in [0.1, 0.15) is 24.5 Å². The molecular weight excluding hydrogens is 238 g/mol. The number of aromatic nitrogens is 2. The fourth-order valence-electron chi connectivity index (χ4n) is 2.26. The average Bonchev–Trinajstić information content (AvgIpc) is 2.82. The van der Waals surface area contributed by atoms with E-state index in [9.17, 15) is 0 Å². The summed E-state index contributed by atoms with van der Waals surface area (Å²) in [6.07, 6.45) is 5.66. The van der Waals surface area contributed by atoms with E-state index in [1.165, 1.54) is 5.56 Å². The van der Waals surface area contributed by atoms with E-state index in [0.29, 0.717) is 0 Å². The predicted octanol–water partition coefficient (Wildman–Crippen LogP) is 2.24. The maximum absolute atomic E-state index is 6.46. The smallest absolute Gasteiger partial charge is 0.123 e. The summed E-state index contributed by atoms with van der Waals surface area (Å²) in [5.74, 6) is 0.846. The van der Waals surface area contributed by atoms with Crippen molar-refractivity contribution < 1.29 is 4.74 Å². The summed E-state index contributed by atoms with van der Waals surface area (Å²) >= 11 is 0. The number of aryl methyl sites for hydroxylation is 2. The first-order valence-corrected chi connectivity index (χ1v) is 6.43. The van der Waals surface area contributed by atoms with Crippen molar-refractivity contribution in [3.63, 3.8) is 0 Å². The van der Waals surface area contributed by atoms with Gasteiger partial charge in [-0.3, -0.25) is 4.68 Å². The lowest BCUT2D eigenvalue weighted by molar-refractivity contribution is 0.378. The first kappa shape index (κ1) is 13.6. The fourth-order valence-corrected chi connectivity index (χ4v) is 2.26. The Bertz CT molecular complexity index is 546. The number of hydrogen-bond donors (Lipinski definition) is 1. The minimum atomic E-state index is -0.414. The largest absolute Gasteiger partial charge is 0.496 e. The van der Waals surface area contributed by atoms with Gasteiger partial charge in [0, 0.05) is 24.3 Å². The highest BCUT2D eigenvalue weighted by atomic mass is 16.5. The van der Waals surface area contributed by atoms with Gasteiger partial charge in [-0.2, -0.15) is 5.10 Å². The summed E-state index contributed by atoms with van der Waals surface area (Å²) in [5.41, 5.74) is 8.29. The number of rotatable bonds is 5. The number of benzene rings is 1. The van der Waals surface area contributed by atoms with Crippen molar-refractivity contribution in [1.29, 1.82) is 0 Å². The molecule has 0 spiro atoms. The molecule has 19 heavy (non-hydrogen) atoms. The molecule has 1 heterocycles. The van der Waals surface area contributed by atoms with Gasteiger partial charge in [0.2, 0.25) is 0 Å². The molecule has 0 bridgehead atoms. The zero-order chi connectivity index (χ0) is 13.9. The van der Waals surface area contributed by atoms with E-state index in [4.69, 9.17) is 10.5 Å². The molecule has 4 heteroatoms. The Kier molecular flexibility index (Phi) is 3.90. The van der Waals surface area contributed by atoms with Crippen LogP contribution in [0.3, 0.4) is 0 Å². The zero-order valence-electron chi connectivity index (χ0n) is 11.8. The fraction of sp³-hybridized carbons (Fsp3) is 0.400. The van der Waals surface area contributed by atoms with E-state index in [-0.39, 0.29) is 0 Å². The molecule has 2 N–H and O–H groups in total. The number of ether oxygens (including phenoxy) is 1. The Morgan fingerprint density at radius 1 is 1.37 bits per heavy atom. The molecule has 0 saturated carbocycles. The van der Waals surface area contributed by atoms with Gasteiger partial charge < -0.3 is 10.5 Å². The third-order valence-corrected chi connectivity index (χ3v) is 3.41. The van der Waals surface area contributed by atoms with Crippen molar-refractivity contribution in [3.8, 4) is 5.75 Å². The molecule has 1 unspecified atom stereocenters. The monoisotopic (exact) mass is 259 g/mol. The number of methoxy groups -OCH3 is 1. The van der Waals surface area contributed by atoms with E-state index >= 15 is 0 Å². The van der Waals surface area contributed by atoms with Crippen molar-refractivity contribution in [3.05, 3.63) is 47.8 Å². The van der Waals surface area contributed by atoms with E-state index in [2.05, 4.69) is 5.10 Å². The van der Waals surface area contributed by atoms with Gasteiger partial charge >= 0.3 is 0 Å². The molecule has 2 aromatic rings. The molecule has 4 nitrogen and oxygen atoms in total. The van der Waals surface area contributed by atoms with Crippen LogP contribution in [0.2, 0.25) is 0 Å². The number of nitrogens with two attached hydrogens (primary N) is 1. The van der Waals surface area contributed by atoms with Crippen molar-refractivity contribution in [1.82, 2.24) is 9.78 Å². The minimum absolute atomic E-state index is 0.414. The highest BCUT2D eigenvalue weighted by molar-refractivity contribution is 5.38. The van der Waals surface area contributed by atoms with Crippen LogP contribution in [0.25, 0.3) is 0 Å². The van der Waals surface area contributed by atoms with Gasteiger partial charge in [0.05, 0.1) is 13.3 Å². The summed E-state index contributed by atoms with van der Waals surface area (Å²) < 4.78 is 7.20. The van der Waals surface area contributed by atoms with Crippen LogP contribution in [-0.2, 0) is 19.0 Å². The summed E-state index contributed by atoms with van der Waals surface area (Å²) in [6, 6.07) is 7.93. The summed E-state index contributed by atoms with van der Waals surface area (Å²) in [4.78, 5) is 0. The Balaban J connectivity index is 2.13. The lowest BCUT2D eigenvalue weighted by Gasteiger charge is -2.26. The normalized spacial score (nSPS) is 14.1. The van der Waals surface area contributed by atoms with Crippen LogP contribution in [0.5, 0.6) is 5.75 Å². The maximum Gasteiger partial charge on any atom is 0.123 e. The van der Waals surface area contributed by atoms with E-state index < -0.39 is 5.54 Å². The molecule has 0 radical (unpaired) electrons. The maximum atomic E-state index is 6.46. The second-order valence-corrected chi connectivity index (χ2v) is 5.14. The molecule has 0 aliphatic rings. The van der Waals surface area contributed by atoms with Gasteiger partial charge in [0.1, 0.15) is 5.75 Å². The Labute approximate surface area is 114 Å². The number of para-hydroxylation sites is 1. The molecule has 1 atom stereocenters. The van der Waals surface area contributed by atoms with E-state index in [1.54, 1.807) is 7.11 Å². The van der Waals surface area contributed by atoms with Gasteiger partial charge in [-0.25, -0.2) is 0 Å². The first-order valence-electron chi connectivity index (χ1n) is 6.43. The molecule has 1 aromatic carbocycles. The van der Waals surface area contributed by atoms with Crippen molar-refractivity contribution in [2.24, 2.45) is 12.8 Å². The zero-order valence-corrected chi connectivity index (χ0v) is 11.8. The van der Waals surface area contributed by atoms with Crippen molar-refractivity contribution in [2.45, 2.75) is 25.3 Å². The lowest BCUT2D eigenvalue weighted by atomic mass is 9.87. The first-order chi connectivity index (χ1) is 9.03. The quantitative estimate of drug-likeness (QED) is 0.896. The van der Waals surface area contributed by atoms with E-state index in [0.717, 1.165) is 24.2 Å². The third kappa shape index (κ3) is 3.15. The molecular formula is C15H21N3O. The Hall–Kier alpha value is -1.81. The topological polar surface area (TPSA) is 53.1 Å². The Morgan fingerprint density at radius 3 is 2.74 bits per heavy atom. The molecule has 0 amide bonds. The summed E-state index contributed by atoms with van der Waals surface area (Å²) in [6.45, 7) is 2.04. The molecule has 0 fully saturated rings. The molecule has 0 aliphatic heterocycles. The van der Waals surface area contributed by atoms with Crippen LogP contribution in [-0.4, -0.2) is 16.9 Å². The summed E-state index contributed by atoms with van der Waals surface area (Å²) in [7, 11) is 3.60. The minimum Gasteiger partial charge on any atom is -0.496 e. The van der Waals surface area contributed by atoms with Crippen LogP contribution in [0.15, 0.2) is 36.7 Å². The second kappa shape index (κ2) is 5.45. The highest BCUT2D eigenvalue weighted by Gasteiger charge is 2.24.